The van der Waals surface area contributed by atoms with Crippen LogP contribution in [-0.2, 0) is 4.79 Å². The van der Waals surface area contributed by atoms with E-state index < -0.39 is 17.4 Å². The Bertz CT molecular complexity index is 1260. The largest absolute Gasteiger partial charge is 0.507 e. The molecule has 1 atom stereocenters. The molecule has 1 unspecified atom stereocenters. The van der Waals surface area contributed by atoms with Gasteiger partial charge < -0.3 is 19.6 Å². The molecule has 2 aromatic carbocycles. The van der Waals surface area contributed by atoms with Crippen molar-refractivity contribution in [1.29, 1.82) is 0 Å². The number of phenolic OH excluding ortho intramolecular Hbond substituents is 1. The van der Waals surface area contributed by atoms with Crippen molar-refractivity contribution in [3.63, 3.8) is 0 Å². The second-order valence-electron chi connectivity index (χ2n) is 7.70. The van der Waals surface area contributed by atoms with Crippen molar-refractivity contribution >= 4 is 34.1 Å². The molecule has 1 fully saturated rings. The quantitative estimate of drug-likeness (QED) is 0.586. The fourth-order valence-electron chi connectivity index (χ4n) is 4.43. The van der Waals surface area contributed by atoms with Crippen LogP contribution in [0.4, 0.5) is 14.5 Å². The molecule has 0 bridgehead atoms. The number of aromatic hydroxyl groups is 1. The number of carbonyl (C=O) groups is 1. The summed E-state index contributed by atoms with van der Waals surface area (Å²) in [5, 5.41) is 10.5. The summed E-state index contributed by atoms with van der Waals surface area (Å²) in [5.41, 5.74) is 0.0423. The zero-order valence-electron chi connectivity index (χ0n) is 16.8. The molecule has 6 nitrogen and oxygen atoms in total. The van der Waals surface area contributed by atoms with Gasteiger partial charge in [-0.1, -0.05) is 24.2 Å². The van der Waals surface area contributed by atoms with Crippen LogP contribution in [0.15, 0.2) is 43.1 Å². The third-order valence-corrected chi connectivity index (χ3v) is 6.22. The summed E-state index contributed by atoms with van der Waals surface area (Å²) in [6.45, 7) is 5.30. The lowest BCUT2D eigenvalue weighted by Gasteiger charge is -2.45. The molecule has 164 valence electrons. The number of halogens is 3. The highest BCUT2D eigenvalue weighted by Gasteiger charge is 2.36. The first-order valence-electron chi connectivity index (χ1n) is 10.00. The van der Waals surface area contributed by atoms with Gasteiger partial charge in [-0.2, -0.15) is 0 Å². The molecule has 2 aliphatic rings. The van der Waals surface area contributed by atoms with E-state index >= 15 is 4.39 Å². The van der Waals surface area contributed by atoms with Crippen LogP contribution in [0.2, 0.25) is 5.02 Å². The zero-order chi connectivity index (χ0) is 22.6. The Morgan fingerprint density at radius 1 is 1.31 bits per heavy atom. The summed E-state index contributed by atoms with van der Waals surface area (Å²) < 4.78 is 35.9. The molecule has 3 heterocycles. The predicted octanol–water partition coefficient (Wildman–Crippen LogP) is 4.13. The van der Waals surface area contributed by atoms with Crippen LogP contribution in [0.1, 0.15) is 0 Å². The van der Waals surface area contributed by atoms with Gasteiger partial charge in [-0.05, 0) is 24.3 Å². The van der Waals surface area contributed by atoms with Crippen molar-refractivity contribution in [3.8, 4) is 22.6 Å². The number of ether oxygens (including phenoxy) is 1. The van der Waals surface area contributed by atoms with E-state index in [0.29, 0.717) is 43.1 Å². The van der Waals surface area contributed by atoms with Crippen LogP contribution < -0.4 is 9.64 Å². The number of hydrogen-bond acceptors (Lipinski definition) is 5. The number of pyridine rings is 1. The van der Waals surface area contributed by atoms with Gasteiger partial charge in [-0.3, -0.25) is 4.79 Å². The molecule has 1 N–H and O–H groups in total. The molecule has 0 radical (unpaired) electrons. The lowest BCUT2D eigenvalue weighted by molar-refractivity contribution is -0.127. The first kappa shape index (κ1) is 20.5. The molecule has 0 spiro atoms. The molecule has 0 aliphatic carbocycles. The molecule has 1 aromatic heterocycles. The van der Waals surface area contributed by atoms with Crippen LogP contribution >= 0.6 is 11.6 Å². The maximum Gasteiger partial charge on any atom is 0.246 e. The topological polar surface area (TPSA) is 65.9 Å². The molecule has 3 aromatic rings. The first-order valence-corrected chi connectivity index (χ1v) is 10.4. The van der Waals surface area contributed by atoms with E-state index in [9.17, 15) is 14.3 Å². The van der Waals surface area contributed by atoms with Crippen LogP contribution in [0.5, 0.6) is 11.5 Å². The monoisotopic (exact) mass is 457 g/mol. The van der Waals surface area contributed by atoms with Crippen molar-refractivity contribution in [3.05, 3.63) is 59.8 Å². The summed E-state index contributed by atoms with van der Waals surface area (Å²) in [6.07, 6.45) is 2.71. The van der Waals surface area contributed by atoms with E-state index in [1.807, 2.05) is 0 Å². The van der Waals surface area contributed by atoms with Crippen LogP contribution in [-0.4, -0.2) is 53.2 Å². The van der Waals surface area contributed by atoms with Gasteiger partial charge in [-0.15, -0.1) is 0 Å². The third-order valence-electron chi connectivity index (χ3n) is 5.92. The number of aromatic nitrogens is 1. The molecule has 2 aliphatic heterocycles. The second-order valence-corrected chi connectivity index (χ2v) is 8.10. The Kier molecular flexibility index (Phi) is 4.89. The predicted molar refractivity (Wildman–Crippen MR) is 117 cm³/mol. The van der Waals surface area contributed by atoms with E-state index in [0.717, 1.165) is 6.07 Å². The maximum atomic E-state index is 15.6. The minimum Gasteiger partial charge on any atom is -0.507 e. The lowest BCUT2D eigenvalue weighted by atomic mass is 9.99. The Hall–Kier alpha value is -3.39. The smallest absolute Gasteiger partial charge is 0.246 e. The third kappa shape index (κ3) is 3.05. The average Bonchev–Trinajstić information content (AvgIpc) is 2.79. The van der Waals surface area contributed by atoms with Gasteiger partial charge in [0.2, 0.25) is 5.91 Å². The van der Waals surface area contributed by atoms with E-state index in [2.05, 4.69) is 16.5 Å². The summed E-state index contributed by atoms with van der Waals surface area (Å²) in [6, 6.07) is 5.09. The number of rotatable bonds is 2. The highest BCUT2D eigenvalue weighted by atomic mass is 35.5. The fraction of sp³-hybridized carbons (Fsp3) is 0.217. The van der Waals surface area contributed by atoms with Gasteiger partial charge in [0.15, 0.2) is 11.6 Å². The normalized spacial score (nSPS) is 17.5. The summed E-state index contributed by atoms with van der Waals surface area (Å²) in [5.74, 6) is -1.73. The SMILES string of the molecule is C=CC(=O)N1CCN2c3c(cnc4c(F)c(-c5c(O)cccc5F)c(Cl)cc34)OCC2C1. The van der Waals surface area contributed by atoms with Gasteiger partial charge in [-0.25, -0.2) is 13.8 Å². The molecular weight excluding hydrogens is 440 g/mol. The zero-order valence-corrected chi connectivity index (χ0v) is 17.6. The highest BCUT2D eigenvalue weighted by Crippen LogP contribution is 2.46. The summed E-state index contributed by atoms with van der Waals surface area (Å²) in [7, 11) is 0. The Labute approximate surface area is 187 Å². The van der Waals surface area contributed by atoms with Crippen molar-refractivity contribution in [2.24, 2.45) is 0 Å². The van der Waals surface area contributed by atoms with Gasteiger partial charge in [0, 0.05) is 30.6 Å². The summed E-state index contributed by atoms with van der Waals surface area (Å²) >= 11 is 6.42. The van der Waals surface area contributed by atoms with Crippen molar-refractivity contribution in [1.82, 2.24) is 9.88 Å². The average molecular weight is 458 g/mol. The molecule has 1 saturated heterocycles. The van der Waals surface area contributed by atoms with Crippen LogP contribution in [0.25, 0.3) is 22.0 Å². The minimum atomic E-state index is -0.835. The Morgan fingerprint density at radius 2 is 2.12 bits per heavy atom. The number of carbonyl (C=O) groups excluding carboxylic acids is 1. The molecular formula is C23H18ClF2N3O3. The van der Waals surface area contributed by atoms with Crippen molar-refractivity contribution < 1.29 is 23.4 Å². The van der Waals surface area contributed by atoms with Gasteiger partial charge >= 0.3 is 0 Å². The molecule has 1 amide bonds. The number of piperazine rings is 1. The highest BCUT2D eigenvalue weighted by molar-refractivity contribution is 6.34. The first-order chi connectivity index (χ1) is 15.4. The second kappa shape index (κ2) is 7.63. The lowest BCUT2D eigenvalue weighted by Crippen LogP contribution is -2.58. The summed E-state index contributed by atoms with van der Waals surface area (Å²) in [4.78, 5) is 20.0. The molecule has 9 heteroatoms. The molecule has 32 heavy (non-hydrogen) atoms. The van der Waals surface area contributed by atoms with Gasteiger partial charge in [0.1, 0.15) is 23.7 Å². The number of fused-ring (bicyclic) bond motifs is 5. The number of amides is 1. The fourth-order valence-corrected chi connectivity index (χ4v) is 4.72. The number of hydrogen-bond donors (Lipinski definition) is 1. The van der Waals surface area contributed by atoms with Crippen LogP contribution in [0, 0.1) is 11.6 Å². The number of anilines is 1. The molecule has 0 saturated carbocycles. The number of benzene rings is 2. The van der Waals surface area contributed by atoms with E-state index in [-0.39, 0.29) is 33.6 Å². The number of phenols is 1. The van der Waals surface area contributed by atoms with Crippen molar-refractivity contribution in [2.75, 3.05) is 31.1 Å². The maximum absolute atomic E-state index is 15.6. The Balaban J connectivity index is 1.66. The van der Waals surface area contributed by atoms with E-state index in [1.165, 1.54) is 30.5 Å². The Morgan fingerprint density at radius 3 is 2.88 bits per heavy atom. The minimum absolute atomic E-state index is 0.0142. The van der Waals surface area contributed by atoms with Gasteiger partial charge in [0.25, 0.3) is 0 Å². The standard InChI is InChI=1S/C23H18ClF2N3O3/c1-2-18(31)28-6-7-29-12(10-28)11-32-17-9-27-22-13(23(17)29)8-14(24)19(21(22)26)20-15(25)4-3-5-16(20)30/h2-5,8-9,12,30H,1,6-7,10-11H2. The van der Waals surface area contributed by atoms with E-state index in [4.69, 9.17) is 16.3 Å². The van der Waals surface area contributed by atoms with E-state index in [1.54, 1.807) is 4.90 Å². The van der Waals surface area contributed by atoms with Crippen LogP contribution in [0.3, 0.4) is 0 Å². The number of nitrogens with zero attached hydrogens (tertiary/aromatic N) is 3. The van der Waals surface area contributed by atoms with Gasteiger partial charge in [0.05, 0.1) is 28.5 Å². The molecule has 5 rings (SSSR count). The van der Waals surface area contributed by atoms with Crippen molar-refractivity contribution in [2.45, 2.75) is 6.04 Å².